The number of nitrogens with two attached hydrogens (primary N) is 2. The molecule has 1 fully saturated rings. The molecule has 1 aliphatic rings. The number of amides is 6. The summed E-state index contributed by atoms with van der Waals surface area (Å²) in [5.74, 6) is -3.24. The van der Waals surface area contributed by atoms with E-state index in [1.54, 1.807) is 0 Å². The van der Waals surface area contributed by atoms with E-state index in [-0.39, 0.29) is 5.75 Å². The van der Waals surface area contributed by atoms with Gasteiger partial charge < -0.3 is 37.6 Å². The van der Waals surface area contributed by atoms with Crippen LogP contribution in [0.4, 0.5) is 0 Å². The molecule has 8 N–H and O–H groups in total. The van der Waals surface area contributed by atoms with Crippen molar-refractivity contribution in [3.63, 3.8) is 0 Å². The van der Waals surface area contributed by atoms with Crippen molar-refractivity contribution in [1.82, 2.24) is 26.2 Å². The number of likely N-dealkylation sites (tertiary alicyclic amines) is 1. The van der Waals surface area contributed by atoms with Gasteiger partial charge in [-0.05, 0) is 52.5 Å². The minimum Gasteiger partial charge on any atom is -0.368 e. The fraction of sp³-hybridized carbons (Fsp3) is 0.727. The lowest BCUT2D eigenvalue weighted by atomic mass is 10.1. The van der Waals surface area contributed by atoms with Crippen molar-refractivity contribution in [3.05, 3.63) is 0 Å². The predicted octanol–water partition coefficient (Wildman–Crippen LogP) is -2.48. The lowest BCUT2D eigenvalue weighted by Crippen LogP contribution is -2.58. The number of primary amides is 1. The molecule has 1 heterocycles. The molecule has 13 nitrogen and oxygen atoms in total. The van der Waals surface area contributed by atoms with Gasteiger partial charge in [0, 0.05) is 19.2 Å². The second-order valence-corrected chi connectivity index (χ2v) is 9.20. The van der Waals surface area contributed by atoms with Gasteiger partial charge >= 0.3 is 0 Å². The number of rotatable bonds is 14. The number of thiol groups is 1. The molecule has 0 aliphatic carbocycles. The lowest BCUT2D eigenvalue weighted by Gasteiger charge is -2.29. The zero-order chi connectivity index (χ0) is 27.4. The Labute approximate surface area is 216 Å². The summed E-state index contributed by atoms with van der Waals surface area (Å²) >= 11 is 4.16. The first-order valence-corrected chi connectivity index (χ1v) is 12.6. The zero-order valence-corrected chi connectivity index (χ0v) is 21.9. The zero-order valence-electron chi connectivity index (χ0n) is 21.0. The van der Waals surface area contributed by atoms with Gasteiger partial charge in [-0.15, -0.1) is 0 Å². The number of hydrogen-bond donors (Lipinski definition) is 7. The van der Waals surface area contributed by atoms with Crippen LogP contribution in [-0.2, 0) is 28.8 Å². The molecule has 0 bridgehead atoms. The van der Waals surface area contributed by atoms with E-state index in [4.69, 9.17) is 11.5 Å². The van der Waals surface area contributed by atoms with Gasteiger partial charge in [0.15, 0.2) is 0 Å². The molecular weight excluding hydrogens is 490 g/mol. The van der Waals surface area contributed by atoms with E-state index in [0.717, 1.165) is 0 Å². The number of nitrogens with one attached hydrogen (secondary N) is 4. The Morgan fingerprint density at radius 2 is 1.53 bits per heavy atom. The Morgan fingerprint density at radius 1 is 0.944 bits per heavy atom. The molecule has 0 saturated carbocycles. The topological polar surface area (TPSA) is 206 Å². The first kappa shape index (κ1) is 31.2. The largest absolute Gasteiger partial charge is 0.368 e. The van der Waals surface area contributed by atoms with Crippen LogP contribution in [0.25, 0.3) is 0 Å². The maximum atomic E-state index is 13.1. The highest BCUT2D eigenvalue weighted by atomic mass is 32.1. The van der Waals surface area contributed by atoms with Crippen LogP contribution in [0.3, 0.4) is 0 Å². The molecule has 5 atom stereocenters. The van der Waals surface area contributed by atoms with Crippen molar-refractivity contribution in [2.24, 2.45) is 11.5 Å². The summed E-state index contributed by atoms with van der Waals surface area (Å²) in [7, 11) is 0. The van der Waals surface area contributed by atoms with Gasteiger partial charge in [-0.3, -0.25) is 28.8 Å². The molecule has 1 aliphatic heterocycles. The normalized spacial score (nSPS) is 18.4. The molecule has 1 rings (SSSR count). The molecule has 0 unspecified atom stereocenters. The summed E-state index contributed by atoms with van der Waals surface area (Å²) in [6.45, 7) is 4.97. The van der Waals surface area contributed by atoms with E-state index in [1.807, 2.05) is 0 Å². The fourth-order valence-corrected chi connectivity index (χ4v) is 4.05. The molecule has 0 radical (unpaired) electrons. The summed E-state index contributed by atoms with van der Waals surface area (Å²) in [6, 6.07) is -4.56. The summed E-state index contributed by atoms with van der Waals surface area (Å²) in [4.78, 5) is 75.1. The highest BCUT2D eigenvalue weighted by Gasteiger charge is 2.38. The third-order valence-corrected chi connectivity index (χ3v) is 6.17. The van der Waals surface area contributed by atoms with Crippen LogP contribution in [0.5, 0.6) is 0 Å². The van der Waals surface area contributed by atoms with Crippen LogP contribution >= 0.6 is 12.6 Å². The number of unbranched alkanes of at least 4 members (excludes halogenated alkanes) is 1. The highest BCUT2D eigenvalue weighted by Crippen LogP contribution is 2.19. The van der Waals surface area contributed by atoms with E-state index in [9.17, 15) is 28.8 Å². The van der Waals surface area contributed by atoms with Crippen LogP contribution in [-0.4, -0.2) is 89.4 Å². The molecule has 6 amide bonds. The lowest BCUT2D eigenvalue weighted by molar-refractivity contribution is -0.142. The van der Waals surface area contributed by atoms with E-state index in [1.165, 1.54) is 25.7 Å². The van der Waals surface area contributed by atoms with Crippen molar-refractivity contribution in [1.29, 1.82) is 0 Å². The van der Waals surface area contributed by atoms with Gasteiger partial charge in [0.1, 0.15) is 30.2 Å². The second kappa shape index (κ2) is 15.3. The minimum absolute atomic E-state index is 0.0142. The van der Waals surface area contributed by atoms with Gasteiger partial charge in [0.25, 0.3) is 0 Å². The van der Waals surface area contributed by atoms with E-state index < -0.39 is 65.7 Å². The molecule has 1 saturated heterocycles. The van der Waals surface area contributed by atoms with Crippen molar-refractivity contribution in [2.45, 2.75) is 83.1 Å². The van der Waals surface area contributed by atoms with Crippen LogP contribution in [0.2, 0.25) is 0 Å². The van der Waals surface area contributed by atoms with Crippen LogP contribution in [0, 0.1) is 0 Å². The Hall–Kier alpha value is -2.87. The number of nitrogens with zero attached hydrogens (tertiary/aromatic N) is 1. The molecule has 0 aromatic rings. The fourth-order valence-electron chi connectivity index (χ4n) is 3.81. The SMILES string of the molecule is CC(=O)N[C@@H](C)C(=O)N[C@@H](CS)C(=O)N1CCC[C@H]1C(=O)N[C@@H](C)C(=O)N[C@@H](CCCCN)C(N)=O. The smallest absolute Gasteiger partial charge is 0.246 e. The first-order valence-electron chi connectivity index (χ1n) is 12.0. The van der Waals surface area contributed by atoms with Crippen LogP contribution in [0.1, 0.15) is 52.9 Å². The molecule has 14 heteroatoms. The Bertz CT molecular complexity index is 827. The van der Waals surface area contributed by atoms with Crippen molar-refractivity contribution >= 4 is 48.1 Å². The standard InChI is InChI=1S/C22H39N7O6S/c1-12(25-14(3)30)19(32)28-16(11-36)22(35)29-10-6-8-17(29)21(34)26-13(2)20(33)27-15(18(24)31)7-4-5-9-23/h12-13,15-17,36H,4-11,23H2,1-3H3,(H2,24,31)(H,25,30)(H,26,34)(H,27,33)(H,28,32)/t12-,13-,15-,16-,17-/m0/s1. The molecule has 0 aromatic carbocycles. The van der Waals surface area contributed by atoms with Gasteiger partial charge in [0.2, 0.25) is 35.4 Å². The molecule has 0 aromatic heterocycles. The third-order valence-electron chi connectivity index (χ3n) is 5.81. The molecule has 36 heavy (non-hydrogen) atoms. The van der Waals surface area contributed by atoms with Gasteiger partial charge in [-0.25, -0.2) is 0 Å². The van der Waals surface area contributed by atoms with Gasteiger partial charge in [-0.1, -0.05) is 0 Å². The first-order chi connectivity index (χ1) is 16.9. The monoisotopic (exact) mass is 529 g/mol. The average Bonchev–Trinajstić information content (AvgIpc) is 3.30. The van der Waals surface area contributed by atoms with Crippen molar-refractivity contribution in [2.75, 3.05) is 18.8 Å². The number of hydrogen-bond acceptors (Lipinski definition) is 8. The van der Waals surface area contributed by atoms with E-state index in [0.29, 0.717) is 45.2 Å². The average molecular weight is 530 g/mol. The third kappa shape index (κ3) is 9.64. The molecule has 0 spiro atoms. The minimum atomic E-state index is -1.00. The maximum absolute atomic E-state index is 13.1. The Morgan fingerprint density at radius 3 is 2.06 bits per heavy atom. The summed E-state index contributed by atoms with van der Waals surface area (Å²) < 4.78 is 0. The van der Waals surface area contributed by atoms with Crippen molar-refractivity contribution < 1.29 is 28.8 Å². The maximum Gasteiger partial charge on any atom is 0.246 e. The number of carbonyl (C=O) groups excluding carboxylic acids is 6. The molecule has 204 valence electrons. The predicted molar refractivity (Wildman–Crippen MR) is 135 cm³/mol. The van der Waals surface area contributed by atoms with E-state index in [2.05, 4.69) is 33.9 Å². The Balaban J connectivity index is 2.76. The van der Waals surface area contributed by atoms with Crippen molar-refractivity contribution in [3.8, 4) is 0 Å². The Kier molecular flexibility index (Phi) is 13.2. The summed E-state index contributed by atoms with van der Waals surface area (Å²) in [5, 5.41) is 10.1. The van der Waals surface area contributed by atoms with Crippen LogP contribution in [0.15, 0.2) is 0 Å². The summed E-state index contributed by atoms with van der Waals surface area (Å²) in [6.07, 6.45) is 2.56. The van der Waals surface area contributed by atoms with Gasteiger partial charge in [-0.2, -0.15) is 12.6 Å². The highest BCUT2D eigenvalue weighted by molar-refractivity contribution is 7.80. The second-order valence-electron chi connectivity index (χ2n) is 8.83. The van der Waals surface area contributed by atoms with E-state index >= 15 is 0 Å². The number of carbonyl (C=O) groups is 6. The summed E-state index contributed by atoms with van der Waals surface area (Å²) in [5.41, 5.74) is 10.8. The van der Waals surface area contributed by atoms with Crippen LogP contribution < -0.4 is 32.7 Å². The quantitative estimate of drug-likeness (QED) is 0.0951. The molecular formula is C22H39N7O6S. The van der Waals surface area contributed by atoms with Gasteiger partial charge in [0.05, 0.1) is 0 Å².